The Morgan fingerprint density at radius 1 is 0.893 bits per heavy atom. The molecular weight excluding hydrogens is 353 g/mol. The summed E-state index contributed by atoms with van der Waals surface area (Å²) in [5, 5.41) is 3.23. The minimum absolute atomic E-state index is 0.210. The summed E-state index contributed by atoms with van der Waals surface area (Å²) in [6, 6.07) is 19.1. The van der Waals surface area contributed by atoms with E-state index < -0.39 is 0 Å². The van der Waals surface area contributed by atoms with Crippen molar-refractivity contribution in [3.63, 3.8) is 0 Å². The third-order valence-corrected chi connectivity index (χ3v) is 4.94. The Morgan fingerprint density at radius 2 is 1.57 bits per heavy atom. The summed E-state index contributed by atoms with van der Waals surface area (Å²) >= 11 is 0. The molecule has 1 saturated heterocycles. The molecule has 1 fully saturated rings. The smallest absolute Gasteiger partial charge is 0.227 e. The van der Waals surface area contributed by atoms with Crippen LogP contribution in [0.15, 0.2) is 60.7 Å². The molecule has 0 atom stereocenters. The van der Waals surface area contributed by atoms with Crippen LogP contribution in [0, 0.1) is 12.7 Å². The molecule has 0 radical (unpaired) electrons. The van der Waals surface area contributed by atoms with E-state index in [0.717, 1.165) is 43.6 Å². The van der Waals surface area contributed by atoms with Crippen molar-refractivity contribution in [2.45, 2.75) is 13.5 Å². The molecule has 1 aliphatic heterocycles. The molecule has 0 aliphatic carbocycles. The standard InChI is InChI=1S/C22H24FN5/c1-17-15-21(24-16-18-7-5-6-10-20(18)23)26-22(25-17)28-13-11-27(12-14-28)19-8-3-2-4-9-19/h2-10,15H,11-14,16H2,1H3,(H,24,25,26). The number of aromatic nitrogens is 2. The first-order valence-electron chi connectivity index (χ1n) is 9.57. The van der Waals surface area contributed by atoms with Crippen LogP contribution >= 0.6 is 0 Å². The first kappa shape index (κ1) is 18.2. The zero-order chi connectivity index (χ0) is 19.3. The summed E-state index contributed by atoms with van der Waals surface area (Å²) in [5.41, 5.74) is 2.77. The molecule has 1 N–H and O–H groups in total. The fourth-order valence-electron chi connectivity index (χ4n) is 3.42. The lowest BCUT2D eigenvalue weighted by atomic mass is 10.2. The van der Waals surface area contributed by atoms with E-state index in [1.165, 1.54) is 11.8 Å². The molecule has 6 heteroatoms. The third-order valence-electron chi connectivity index (χ3n) is 4.94. The maximum atomic E-state index is 13.8. The Bertz CT molecular complexity index is 923. The molecule has 0 unspecified atom stereocenters. The van der Waals surface area contributed by atoms with Crippen molar-refractivity contribution in [3.05, 3.63) is 77.7 Å². The van der Waals surface area contributed by atoms with E-state index in [4.69, 9.17) is 0 Å². The predicted octanol–water partition coefficient (Wildman–Crippen LogP) is 3.86. The first-order valence-corrected chi connectivity index (χ1v) is 9.57. The number of hydrogen-bond donors (Lipinski definition) is 1. The molecule has 0 spiro atoms. The van der Waals surface area contributed by atoms with Crippen LogP contribution in [0.25, 0.3) is 0 Å². The Hall–Kier alpha value is -3.15. The third kappa shape index (κ3) is 4.22. The maximum absolute atomic E-state index is 13.8. The summed E-state index contributed by atoms with van der Waals surface area (Å²) in [7, 11) is 0. The molecule has 0 saturated carbocycles. The fraction of sp³-hybridized carbons (Fsp3) is 0.273. The molecule has 4 rings (SSSR count). The second-order valence-corrected chi connectivity index (χ2v) is 6.95. The van der Waals surface area contributed by atoms with Gasteiger partial charge in [0.15, 0.2) is 0 Å². The highest BCUT2D eigenvalue weighted by Crippen LogP contribution is 2.20. The number of hydrogen-bond acceptors (Lipinski definition) is 5. The second-order valence-electron chi connectivity index (χ2n) is 6.95. The average Bonchev–Trinajstić information content (AvgIpc) is 2.74. The Morgan fingerprint density at radius 3 is 2.32 bits per heavy atom. The lowest BCUT2D eigenvalue weighted by Gasteiger charge is -2.36. The number of piperazine rings is 1. The largest absolute Gasteiger partial charge is 0.368 e. The molecule has 2 aromatic carbocycles. The minimum Gasteiger partial charge on any atom is -0.368 e. The van der Waals surface area contributed by atoms with E-state index in [1.54, 1.807) is 12.1 Å². The van der Waals surface area contributed by atoms with E-state index in [-0.39, 0.29) is 5.82 Å². The summed E-state index contributed by atoms with van der Waals surface area (Å²) < 4.78 is 13.8. The zero-order valence-corrected chi connectivity index (χ0v) is 16.0. The molecule has 0 amide bonds. The van der Waals surface area contributed by atoms with Crippen LogP contribution in [0.4, 0.5) is 21.8 Å². The minimum atomic E-state index is -0.210. The number of aryl methyl sites for hydroxylation is 1. The lowest BCUT2D eigenvalue weighted by Crippen LogP contribution is -2.47. The van der Waals surface area contributed by atoms with E-state index in [2.05, 4.69) is 49.4 Å². The van der Waals surface area contributed by atoms with Crippen molar-refractivity contribution in [3.8, 4) is 0 Å². The number of para-hydroxylation sites is 1. The van der Waals surface area contributed by atoms with Gasteiger partial charge in [-0.25, -0.2) is 9.37 Å². The van der Waals surface area contributed by atoms with Crippen LogP contribution in [0.5, 0.6) is 0 Å². The van der Waals surface area contributed by atoms with Crippen LogP contribution in [0.1, 0.15) is 11.3 Å². The highest BCUT2D eigenvalue weighted by atomic mass is 19.1. The monoisotopic (exact) mass is 377 g/mol. The molecule has 5 nitrogen and oxygen atoms in total. The number of nitrogens with zero attached hydrogens (tertiary/aromatic N) is 4. The van der Waals surface area contributed by atoms with Crippen molar-refractivity contribution in [1.29, 1.82) is 0 Å². The van der Waals surface area contributed by atoms with Gasteiger partial charge in [-0.1, -0.05) is 36.4 Å². The van der Waals surface area contributed by atoms with Gasteiger partial charge in [0.05, 0.1) is 0 Å². The van der Waals surface area contributed by atoms with Gasteiger partial charge in [-0.3, -0.25) is 0 Å². The van der Waals surface area contributed by atoms with Gasteiger partial charge in [0.2, 0.25) is 5.95 Å². The molecule has 28 heavy (non-hydrogen) atoms. The van der Waals surface area contributed by atoms with E-state index in [0.29, 0.717) is 12.1 Å². The number of halogens is 1. The summed E-state index contributed by atoms with van der Waals surface area (Å²) in [4.78, 5) is 13.9. The van der Waals surface area contributed by atoms with Gasteiger partial charge < -0.3 is 15.1 Å². The van der Waals surface area contributed by atoms with Crippen molar-refractivity contribution in [2.75, 3.05) is 41.3 Å². The lowest BCUT2D eigenvalue weighted by molar-refractivity contribution is 0.612. The average molecular weight is 377 g/mol. The molecule has 1 aromatic heterocycles. The van der Waals surface area contributed by atoms with Gasteiger partial charge in [-0.05, 0) is 25.1 Å². The van der Waals surface area contributed by atoms with Gasteiger partial charge in [-0.2, -0.15) is 4.98 Å². The van der Waals surface area contributed by atoms with Gasteiger partial charge in [0.25, 0.3) is 0 Å². The van der Waals surface area contributed by atoms with E-state index >= 15 is 0 Å². The highest BCUT2D eigenvalue weighted by molar-refractivity contribution is 5.49. The second kappa shape index (κ2) is 8.25. The normalized spacial score (nSPS) is 14.2. The number of nitrogens with one attached hydrogen (secondary N) is 1. The first-order chi connectivity index (χ1) is 13.7. The number of benzene rings is 2. The van der Waals surface area contributed by atoms with Crippen molar-refractivity contribution in [2.24, 2.45) is 0 Å². The molecule has 3 aromatic rings. The fourth-order valence-corrected chi connectivity index (χ4v) is 3.42. The summed E-state index contributed by atoms with van der Waals surface area (Å²) in [5.74, 6) is 1.23. The Labute approximate surface area is 164 Å². The molecule has 144 valence electrons. The van der Waals surface area contributed by atoms with Crippen LogP contribution in [-0.4, -0.2) is 36.1 Å². The molecule has 2 heterocycles. The predicted molar refractivity (Wildman–Crippen MR) is 111 cm³/mol. The zero-order valence-electron chi connectivity index (χ0n) is 16.0. The molecule has 1 aliphatic rings. The van der Waals surface area contributed by atoms with Crippen molar-refractivity contribution >= 4 is 17.5 Å². The number of anilines is 3. The summed E-state index contributed by atoms with van der Waals surface area (Å²) in [6.45, 7) is 5.94. The van der Waals surface area contributed by atoms with Gasteiger partial charge in [-0.15, -0.1) is 0 Å². The van der Waals surface area contributed by atoms with Crippen LogP contribution in [-0.2, 0) is 6.54 Å². The van der Waals surface area contributed by atoms with Crippen LogP contribution in [0.3, 0.4) is 0 Å². The number of rotatable bonds is 5. The van der Waals surface area contributed by atoms with Crippen molar-refractivity contribution < 1.29 is 4.39 Å². The molecular formula is C22H24FN5. The maximum Gasteiger partial charge on any atom is 0.227 e. The van der Waals surface area contributed by atoms with E-state index in [9.17, 15) is 4.39 Å². The molecule has 0 bridgehead atoms. The van der Waals surface area contributed by atoms with Gasteiger partial charge in [0, 0.05) is 55.7 Å². The summed E-state index contributed by atoms with van der Waals surface area (Å²) in [6.07, 6.45) is 0. The SMILES string of the molecule is Cc1cc(NCc2ccccc2F)nc(N2CCN(c3ccccc3)CC2)n1. The van der Waals surface area contributed by atoms with Gasteiger partial charge in [0.1, 0.15) is 11.6 Å². The highest BCUT2D eigenvalue weighted by Gasteiger charge is 2.20. The van der Waals surface area contributed by atoms with Gasteiger partial charge >= 0.3 is 0 Å². The Balaban J connectivity index is 1.42. The van der Waals surface area contributed by atoms with E-state index in [1.807, 2.05) is 25.1 Å². The topological polar surface area (TPSA) is 44.3 Å². The van der Waals surface area contributed by atoms with Crippen LogP contribution in [0.2, 0.25) is 0 Å². The Kier molecular flexibility index (Phi) is 5.37. The van der Waals surface area contributed by atoms with Crippen molar-refractivity contribution in [1.82, 2.24) is 9.97 Å². The quantitative estimate of drug-likeness (QED) is 0.731. The van der Waals surface area contributed by atoms with Crippen LogP contribution < -0.4 is 15.1 Å².